The summed E-state index contributed by atoms with van der Waals surface area (Å²) in [6.07, 6.45) is 0. The highest BCUT2D eigenvalue weighted by Crippen LogP contribution is 2.31. The van der Waals surface area contributed by atoms with Crippen molar-refractivity contribution in [2.45, 2.75) is 12.5 Å². The van der Waals surface area contributed by atoms with Crippen molar-refractivity contribution >= 4 is 58.3 Å². The molecule has 0 spiro atoms. The molecule has 4 amide bonds. The van der Waals surface area contributed by atoms with E-state index in [1.54, 1.807) is 49.4 Å². The van der Waals surface area contributed by atoms with E-state index in [1.165, 1.54) is 0 Å². The van der Waals surface area contributed by atoms with E-state index in [0.29, 0.717) is 10.6 Å². The highest BCUT2D eigenvalue weighted by atomic mass is 35.5. The number of hydrogen-bond acceptors (Lipinski definition) is 3. The molecule has 1 fully saturated rings. The molecule has 1 saturated heterocycles. The number of carbonyl (C=O) groups excluding carboxylic acids is 3. The fraction of sp³-hybridized carbons (Fsp3) is 0.167. The predicted molar refractivity (Wildman–Crippen MR) is 104 cm³/mol. The lowest BCUT2D eigenvalue weighted by Gasteiger charge is -2.22. The van der Waals surface area contributed by atoms with Crippen LogP contribution in [-0.2, 0) is 15.1 Å². The molecule has 0 aliphatic carbocycles. The van der Waals surface area contributed by atoms with Crippen LogP contribution in [0.5, 0.6) is 0 Å². The number of carbonyl (C=O) groups is 3. The second kappa shape index (κ2) is 7.38. The van der Waals surface area contributed by atoms with Crippen molar-refractivity contribution in [3.63, 3.8) is 0 Å². The van der Waals surface area contributed by atoms with Crippen LogP contribution in [0.4, 0.5) is 10.5 Å². The van der Waals surface area contributed by atoms with E-state index in [4.69, 9.17) is 34.8 Å². The second-order valence-electron chi connectivity index (χ2n) is 6.10. The highest BCUT2D eigenvalue weighted by molar-refractivity contribution is 6.39. The lowest BCUT2D eigenvalue weighted by atomic mass is 9.92. The van der Waals surface area contributed by atoms with Gasteiger partial charge in [0.15, 0.2) is 0 Å². The standard InChI is InChI=1S/C18H14Cl3N3O3/c1-18(10-4-2-5-11(19)8-10)16(26)24(17(27)23-18)9-14(25)22-15-12(20)6-3-7-13(15)21/h2-8H,9H2,1H3,(H,22,25)(H,23,27). The van der Waals surface area contributed by atoms with Gasteiger partial charge in [-0.25, -0.2) is 4.79 Å². The number of anilines is 1. The largest absolute Gasteiger partial charge is 0.325 e. The number of hydrogen-bond donors (Lipinski definition) is 2. The van der Waals surface area contributed by atoms with E-state index in [2.05, 4.69) is 10.6 Å². The lowest BCUT2D eigenvalue weighted by Crippen LogP contribution is -2.42. The number of nitrogens with one attached hydrogen (secondary N) is 2. The van der Waals surface area contributed by atoms with Crippen molar-refractivity contribution in [3.05, 3.63) is 63.1 Å². The van der Waals surface area contributed by atoms with Crippen LogP contribution in [-0.4, -0.2) is 29.3 Å². The molecule has 0 bridgehead atoms. The number of urea groups is 1. The average molecular weight is 427 g/mol. The van der Waals surface area contributed by atoms with E-state index >= 15 is 0 Å². The van der Waals surface area contributed by atoms with Gasteiger partial charge in [0.05, 0.1) is 15.7 Å². The molecule has 1 aliphatic heterocycles. The van der Waals surface area contributed by atoms with Gasteiger partial charge < -0.3 is 10.6 Å². The Kier molecular flexibility index (Phi) is 5.33. The summed E-state index contributed by atoms with van der Waals surface area (Å²) in [5.41, 5.74) is -0.578. The summed E-state index contributed by atoms with van der Waals surface area (Å²) in [4.78, 5) is 38.3. The maximum absolute atomic E-state index is 12.8. The van der Waals surface area contributed by atoms with Gasteiger partial charge in [-0.05, 0) is 36.8 Å². The molecular weight excluding hydrogens is 413 g/mol. The number of rotatable bonds is 4. The minimum Gasteiger partial charge on any atom is -0.322 e. The van der Waals surface area contributed by atoms with Crippen molar-refractivity contribution in [1.29, 1.82) is 0 Å². The smallest absolute Gasteiger partial charge is 0.322 e. The first-order chi connectivity index (χ1) is 12.7. The van der Waals surface area contributed by atoms with Crippen LogP contribution in [0.1, 0.15) is 12.5 Å². The molecule has 9 heteroatoms. The number of amides is 4. The molecule has 1 aliphatic rings. The van der Waals surface area contributed by atoms with Gasteiger partial charge in [-0.2, -0.15) is 0 Å². The average Bonchev–Trinajstić information content (AvgIpc) is 2.82. The van der Waals surface area contributed by atoms with Crippen molar-refractivity contribution in [3.8, 4) is 0 Å². The molecule has 6 nitrogen and oxygen atoms in total. The summed E-state index contributed by atoms with van der Waals surface area (Å²) in [5.74, 6) is -1.17. The summed E-state index contributed by atoms with van der Waals surface area (Å²) >= 11 is 18.0. The first kappa shape index (κ1) is 19.5. The summed E-state index contributed by atoms with van der Waals surface area (Å²) in [6, 6.07) is 10.7. The van der Waals surface area contributed by atoms with Gasteiger partial charge in [-0.3, -0.25) is 14.5 Å². The molecule has 2 aromatic rings. The van der Waals surface area contributed by atoms with E-state index in [1.807, 2.05) is 0 Å². The Bertz CT molecular complexity index is 930. The van der Waals surface area contributed by atoms with Crippen LogP contribution in [0.3, 0.4) is 0 Å². The third-order valence-electron chi connectivity index (χ3n) is 4.21. The molecular formula is C18H14Cl3N3O3. The molecule has 1 unspecified atom stereocenters. The zero-order chi connectivity index (χ0) is 19.8. The van der Waals surface area contributed by atoms with Gasteiger partial charge >= 0.3 is 6.03 Å². The lowest BCUT2D eigenvalue weighted by molar-refractivity contribution is -0.133. The van der Waals surface area contributed by atoms with E-state index in [-0.39, 0.29) is 15.7 Å². The fourth-order valence-corrected chi connectivity index (χ4v) is 3.46. The Morgan fingerprint density at radius 2 is 1.74 bits per heavy atom. The Morgan fingerprint density at radius 3 is 2.37 bits per heavy atom. The minimum atomic E-state index is -1.32. The van der Waals surface area contributed by atoms with E-state index < -0.39 is 29.9 Å². The minimum absolute atomic E-state index is 0.218. The maximum Gasteiger partial charge on any atom is 0.325 e. The van der Waals surface area contributed by atoms with Crippen molar-refractivity contribution in [2.24, 2.45) is 0 Å². The van der Waals surface area contributed by atoms with Crippen LogP contribution in [0.15, 0.2) is 42.5 Å². The molecule has 3 rings (SSSR count). The molecule has 2 aromatic carbocycles. The molecule has 0 radical (unpaired) electrons. The summed E-state index contributed by atoms with van der Waals surface area (Å²) in [5, 5.41) is 6.06. The van der Waals surface area contributed by atoms with Gasteiger partial charge in [-0.15, -0.1) is 0 Å². The summed E-state index contributed by atoms with van der Waals surface area (Å²) in [6.45, 7) is 1.07. The molecule has 1 atom stereocenters. The third-order valence-corrected chi connectivity index (χ3v) is 5.07. The number of benzene rings is 2. The van der Waals surface area contributed by atoms with Gasteiger partial charge in [0.2, 0.25) is 5.91 Å². The van der Waals surface area contributed by atoms with Crippen LogP contribution in [0.2, 0.25) is 15.1 Å². The Labute approximate surface area is 170 Å². The SMILES string of the molecule is CC1(c2cccc(Cl)c2)NC(=O)N(CC(=O)Nc2c(Cl)cccc2Cl)C1=O. The van der Waals surface area contributed by atoms with Crippen LogP contribution in [0, 0.1) is 0 Å². The van der Waals surface area contributed by atoms with Gasteiger partial charge in [0.1, 0.15) is 12.1 Å². The van der Waals surface area contributed by atoms with Gasteiger partial charge in [-0.1, -0.05) is 53.0 Å². The molecule has 1 heterocycles. The number of para-hydroxylation sites is 1. The first-order valence-corrected chi connectivity index (χ1v) is 9.00. The number of halogens is 3. The molecule has 140 valence electrons. The molecule has 2 N–H and O–H groups in total. The topological polar surface area (TPSA) is 78.5 Å². The first-order valence-electron chi connectivity index (χ1n) is 7.86. The van der Waals surface area contributed by atoms with Crippen molar-refractivity contribution in [2.75, 3.05) is 11.9 Å². The zero-order valence-corrected chi connectivity index (χ0v) is 16.3. The van der Waals surface area contributed by atoms with Crippen LogP contribution >= 0.6 is 34.8 Å². The van der Waals surface area contributed by atoms with E-state index in [0.717, 1.165) is 4.90 Å². The number of imide groups is 1. The van der Waals surface area contributed by atoms with E-state index in [9.17, 15) is 14.4 Å². The second-order valence-corrected chi connectivity index (χ2v) is 7.35. The van der Waals surface area contributed by atoms with Crippen LogP contribution < -0.4 is 10.6 Å². The van der Waals surface area contributed by atoms with Crippen molar-refractivity contribution in [1.82, 2.24) is 10.2 Å². The normalized spacial score (nSPS) is 19.2. The quantitative estimate of drug-likeness (QED) is 0.724. The third kappa shape index (κ3) is 3.74. The zero-order valence-electron chi connectivity index (χ0n) is 14.1. The van der Waals surface area contributed by atoms with Crippen molar-refractivity contribution < 1.29 is 14.4 Å². The van der Waals surface area contributed by atoms with Crippen LogP contribution in [0.25, 0.3) is 0 Å². The predicted octanol–water partition coefficient (Wildman–Crippen LogP) is 4.05. The van der Waals surface area contributed by atoms with Gasteiger partial charge in [0.25, 0.3) is 5.91 Å². The Hall–Kier alpha value is -2.28. The summed E-state index contributed by atoms with van der Waals surface area (Å²) < 4.78 is 0. The molecule has 0 aromatic heterocycles. The molecule has 0 saturated carbocycles. The van der Waals surface area contributed by atoms with Gasteiger partial charge in [0, 0.05) is 5.02 Å². The Morgan fingerprint density at radius 1 is 1.11 bits per heavy atom. The fourth-order valence-electron chi connectivity index (χ4n) is 2.78. The summed E-state index contributed by atoms with van der Waals surface area (Å²) in [7, 11) is 0. The Balaban J connectivity index is 1.79. The highest BCUT2D eigenvalue weighted by Gasteiger charge is 2.49. The number of nitrogens with zero attached hydrogens (tertiary/aromatic N) is 1. The maximum atomic E-state index is 12.8. The monoisotopic (exact) mass is 425 g/mol. The molecule has 27 heavy (non-hydrogen) atoms.